The second-order valence-corrected chi connectivity index (χ2v) is 9.97. The van der Waals surface area contributed by atoms with Crippen molar-refractivity contribution in [2.75, 3.05) is 5.75 Å². The lowest BCUT2D eigenvalue weighted by Crippen LogP contribution is -2.43. The van der Waals surface area contributed by atoms with E-state index >= 15 is 0 Å². The fourth-order valence-electron chi connectivity index (χ4n) is 5.03. The Hall–Kier alpha value is -0.750. The number of hydrogen-bond donors (Lipinski definition) is 0. The van der Waals surface area contributed by atoms with E-state index in [9.17, 15) is 18.0 Å². The van der Waals surface area contributed by atoms with Gasteiger partial charge in [0.2, 0.25) is 0 Å². The van der Waals surface area contributed by atoms with E-state index < -0.39 is 21.6 Å². The molecule has 0 N–H and O–H groups in total. The van der Waals surface area contributed by atoms with Gasteiger partial charge in [0.15, 0.2) is 5.78 Å². The molecule has 0 aromatic carbocycles. The van der Waals surface area contributed by atoms with Crippen LogP contribution in [0.2, 0.25) is 0 Å². The monoisotopic (exact) mass is 356 g/mol. The van der Waals surface area contributed by atoms with Crippen molar-refractivity contribution in [1.29, 1.82) is 0 Å². The Labute approximate surface area is 144 Å². The first-order valence-corrected chi connectivity index (χ1v) is 10.7. The van der Waals surface area contributed by atoms with Crippen LogP contribution in [-0.2, 0) is 23.9 Å². The third kappa shape index (κ3) is 2.96. The minimum Gasteiger partial charge on any atom is -0.299 e. The van der Waals surface area contributed by atoms with Crippen LogP contribution in [0.1, 0.15) is 71.6 Å². The van der Waals surface area contributed by atoms with Crippen molar-refractivity contribution in [2.24, 2.45) is 16.7 Å². The van der Waals surface area contributed by atoms with Gasteiger partial charge in [0.25, 0.3) is 10.1 Å². The number of rotatable bonds is 4. The Kier molecular flexibility index (Phi) is 4.67. The van der Waals surface area contributed by atoms with E-state index in [1.54, 1.807) is 0 Å². The molecule has 3 saturated carbocycles. The van der Waals surface area contributed by atoms with Gasteiger partial charge >= 0.3 is 0 Å². The van der Waals surface area contributed by atoms with Crippen molar-refractivity contribution >= 4 is 21.7 Å². The van der Waals surface area contributed by atoms with Crippen LogP contribution in [0.25, 0.3) is 0 Å². The standard InChI is InChI=1S/C18H28O5S/c1-17(2)13-9-10-18(17,16(20)11-13)12-24(21,22)23-15-8-6-4-3-5-7-14(15)19/h13,15H,3-12H2,1-2H3. The molecule has 0 spiro atoms. The molecule has 3 aliphatic rings. The highest BCUT2D eigenvalue weighted by atomic mass is 32.2. The summed E-state index contributed by atoms with van der Waals surface area (Å²) in [5, 5.41) is 0. The Balaban J connectivity index is 1.76. The molecule has 0 aromatic heterocycles. The fraction of sp³-hybridized carbons (Fsp3) is 0.889. The van der Waals surface area contributed by atoms with E-state index in [1.165, 1.54) is 0 Å². The van der Waals surface area contributed by atoms with Gasteiger partial charge in [-0.2, -0.15) is 8.42 Å². The first-order chi connectivity index (χ1) is 11.2. The molecule has 0 aromatic rings. The molecule has 3 unspecified atom stereocenters. The summed E-state index contributed by atoms with van der Waals surface area (Å²) in [7, 11) is -3.92. The molecule has 136 valence electrons. The summed E-state index contributed by atoms with van der Waals surface area (Å²) in [5.41, 5.74) is -1.15. The van der Waals surface area contributed by atoms with E-state index in [2.05, 4.69) is 0 Å². The molecular formula is C18H28O5S. The van der Waals surface area contributed by atoms with Crippen LogP contribution >= 0.6 is 0 Å². The van der Waals surface area contributed by atoms with Crippen LogP contribution in [0.4, 0.5) is 0 Å². The molecule has 3 fully saturated rings. The second kappa shape index (κ2) is 6.20. The number of ketones is 2. The molecule has 0 amide bonds. The zero-order chi connectivity index (χ0) is 17.6. The molecule has 3 aliphatic carbocycles. The van der Waals surface area contributed by atoms with Gasteiger partial charge in [0, 0.05) is 12.8 Å². The van der Waals surface area contributed by atoms with Crippen LogP contribution in [0.15, 0.2) is 0 Å². The van der Waals surface area contributed by atoms with Gasteiger partial charge in [-0.3, -0.25) is 13.8 Å². The molecule has 3 rings (SSSR count). The molecule has 0 saturated heterocycles. The van der Waals surface area contributed by atoms with Crippen molar-refractivity contribution in [1.82, 2.24) is 0 Å². The predicted octanol–water partition coefficient (Wildman–Crippen LogP) is 3.02. The lowest BCUT2D eigenvalue weighted by molar-refractivity contribution is -0.128. The number of carbonyl (C=O) groups is 2. The van der Waals surface area contributed by atoms with Crippen molar-refractivity contribution in [3.8, 4) is 0 Å². The highest BCUT2D eigenvalue weighted by molar-refractivity contribution is 7.86. The van der Waals surface area contributed by atoms with Crippen LogP contribution in [-0.4, -0.2) is 31.8 Å². The summed E-state index contributed by atoms with van der Waals surface area (Å²) < 4.78 is 30.7. The van der Waals surface area contributed by atoms with Crippen LogP contribution in [0.5, 0.6) is 0 Å². The SMILES string of the molecule is CC1(C)C2CCC1(CS(=O)(=O)OC1CCCCCCC1=O)C(=O)C2. The van der Waals surface area contributed by atoms with Crippen LogP contribution in [0, 0.1) is 16.7 Å². The Bertz CT molecular complexity index is 636. The molecule has 3 atom stereocenters. The zero-order valence-electron chi connectivity index (χ0n) is 14.7. The first-order valence-electron chi connectivity index (χ1n) is 9.15. The van der Waals surface area contributed by atoms with E-state index in [4.69, 9.17) is 4.18 Å². The summed E-state index contributed by atoms with van der Waals surface area (Å²) in [5.74, 6) is -0.0632. The molecule has 2 bridgehead atoms. The molecule has 0 heterocycles. The van der Waals surface area contributed by atoms with Gasteiger partial charge in [0.05, 0.1) is 11.2 Å². The summed E-state index contributed by atoms with van der Waals surface area (Å²) in [6.07, 6.45) is 5.61. The van der Waals surface area contributed by atoms with Crippen molar-refractivity contribution in [3.63, 3.8) is 0 Å². The summed E-state index contributed by atoms with van der Waals surface area (Å²) in [6, 6.07) is 0. The predicted molar refractivity (Wildman–Crippen MR) is 89.9 cm³/mol. The topological polar surface area (TPSA) is 77.5 Å². The molecule has 0 radical (unpaired) electrons. The minimum atomic E-state index is -3.92. The Morgan fingerprint density at radius 2 is 1.79 bits per heavy atom. The fourth-order valence-corrected chi connectivity index (χ4v) is 6.93. The maximum absolute atomic E-state index is 12.7. The maximum atomic E-state index is 12.7. The number of carbonyl (C=O) groups excluding carboxylic acids is 2. The van der Waals surface area contributed by atoms with E-state index in [1.807, 2.05) is 13.8 Å². The lowest BCUT2D eigenvalue weighted by Gasteiger charge is -2.36. The van der Waals surface area contributed by atoms with E-state index in [0.29, 0.717) is 25.7 Å². The van der Waals surface area contributed by atoms with Gasteiger partial charge < -0.3 is 0 Å². The lowest BCUT2D eigenvalue weighted by atomic mass is 9.70. The maximum Gasteiger partial charge on any atom is 0.269 e. The first kappa shape index (κ1) is 18.1. The van der Waals surface area contributed by atoms with Gasteiger partial charge in [-0.25, -0.2) is 0 Å². The Morgan fingerprint density at radius 3 is 2.42 bits per heavy atom. The number of Topliss-reactive ketones (excluding diaryl/α,β-unsaturated/α-hetero) is 2. The summed E-state index contributed by atoms with van der Waals surface area (Å²) >= 11 is 0. The number of fused-ring (bicyclic) bond motifs is 2. The summed E-state index contributed by atoms with van der Waals surface area (Å²) in [4.78, 5) is 24.7. The molecular weight excluding hydrogens is 328 g/mol. The van der Waals surface area contributed by atoms with Crippen molar-refractivity contribution in [3.05, 3.63) is 0 Å². The highest BCUT2D eigenvalue weighted by Gasteiger charge is 2.65. The van der Waals surface area contributed by atoms with E-state index in [0.717, 1.165) is 32.1 Å². The zero-order valence-corrected chi connectivity index (χ0v) is 15.5. The van der Waals surface area contributed by atoms with Crippen molar-refractivity contribution in [2.45, 2.75) is 77.7 Å². The molecule has 24 heavy (non-hydrogen) atoms. The van der Waals surface area contributed by atoms with Crippen molar-refractivity contribution < 1.29 is 22.2 Å². The average molecular weight is 356 g/mol. The van der Waals surface area contributed by atoms with Gasteiger partial charge in [-0.15, -0.1) is 0 Å². The third-order valence-corrected chi connectivity index (χ3v) is 8.20. The quantitative estimate of drug-likeness (QED) is 0.724. The molecule has 0 aliphatic heterocycles. The van der Waals surface area contributed by atoms with E-state index in [-0.39, 0.29) is 28.7 Å². The number of hydrogen-bond acceptors (Lipinski definition) is 5. The highest BCUT2D eigenvalue weighted by Crippen LogP contribution is 2.64. The molecule has 6 heteroatoms. The average Bonchev–Trinajstić information content (AvgIpc) is 2.80. The smallest absolute Gasteiger partial charge is 0.269 e. The van der Waals surface area contributed by atoms with Crippen LogP contribution < -0.4 is 0 Å². The minimum absolute atomic E-state index is 0.0555. The normalized spacial score (nSPS) is 36.6. The van der Waals surface area contributed by atoms with Gasteiger partial charge in [0.1, 0.15) is 11.9 Å². The largest absolute Gasteiger partial charge is 0.299 e. The summed E-state index contributed by atoms with van der Waals surface area (Å²) in [6.45, 7) is 4.01. The second-order valence-electron chi connectivity index (χ2n) is 8.37. The van der Waals surface area contributed by atoms with Gasteiger partial charge in [-0.1, -0.05) is 33.1 Å². The molecule has 5 nitrogen and oxygen atoms in total. The van der Waals surface area contributed by atoms with Crippen LogP contribution in [0.3, 0.4) is 0 Å². The third-order valence-electron chi connectivity index (χ3n) is 6.82. The Morgan fingerprint density at radius 1 is 1.08 bits per heavy atom. The van der Waals surface area contributed by atoms with Gasteiger partial charge in [-0.05, 0) is 37.0 Å².